The first kappa shape index (κ1) is 19.6. The van der Waals surface area contributed by atoms with Gasteiger partial charge in [0.1, 0.15) is 0 Å². The molecule has 5 nitrogen and oxygen atoms in total. The summed E-state index contributed by atoms with van der Waals surface area (Å²) in [4.78, 5) is 14.5. The molecule has 0 aliphatic heterocycles. The summed E-state index contributed by atoms with van der Waals surface area (Å²) < 4.78 is 11.1. The fourth-order valence-electron chi connectivity index (χ4n) is 2.56. The maximum absolute atomic E-state index is 12.4. The van der Waals surface area contributed by atoms with E-state index in [2.05, 4.69) is 41.4 Å². The van der Waals surface area contributed by atoms with E-state index in [0.29, 0.717) is 36.8 Å². The number of ether oxygens (including phenoxy) is 2. The molecule has 0 radical (unpaired) electrons. The monoisotopic (exact) mass is 356 g/mol. The van der Waals surface area contributed by atoms with Crippen molar-refractivity contribution in [2.45, 2.75) is 20.8 Å². The molecular formula is C21H28N2O3. The zero-order valence-corrected chi connectivity index (χ0v) is 16.0. The lowest BCUT2D eigenvalue weighted by atomic mass is 10.2. The summed E-state index contributed by atoms with van der Waals surface area (Å²) in [6.07, 6.45) is 0. The Kier molecular flexibility index (Phi) is 7.33. The Balaban J connectivity index is 1.92. The summed E-state index contributed by atoms with van der Waals surface area (Å²) in [6, 6.07) is 13.6. The minimum absolute atomic E-state index is 0.119. The predicted octanol–water partition coefficient (Wildman–Crippen LogP) is 3.66. The maximum Gasteiger partial charge on any atom is 0.251 e. The fraction of sp³-hybridized carbons (Fsp3) is 0.381. The van der Waals surface area contributed by atoms with Crippen LogP contribution in [0.25, 0.3) is 0 Å². The van der Waals surface area contributed by atoms with Gasteiger partial charge < -0.3 is 19.7 Å². The first-order valence-corrected chi connectivity index (χ1v) is 9.00. The van der Waals surface area contributed by atoms with Crippen LogP contribution in [0.2, 0.25) is 0 Å². The molecule has 0 unspecified atom stereocenters. The van der Waals surface area contributed by atoms with E-state index in [-0.39, 0.29) is 5.91 Å². The molecule has 1 N–H and O–H groups in total. The second kappa shape index (κ2) is 9.70. The van der Waals surface area contributed by atoms with Crippen molar-refractivity contribution in [3.63, 3.8) is 0 Å². The minimum atomic E-state index is -0.119. The van der Waals surface area contributed by atoms with E-state index in [1.807, 2.05) is 20.9 Å². The molecule has 0 bridgehead atoms. The molecule has 0 heterocycles. The van der Waals surface area contributed by atoms with Gasteiger partial charge in [0.25, 0.3) is 5.91 Å². The predicted molar refractivity (Wildman–Crippen MR) is 106 cm³/mol. The van der Waals surface area contributed by atoms with Crippen molar-refractivity contribution in [1.29, 1.82) is 0 Å². The van der Waals surface area contributed by atoms with E-state index in [1.165, 1.54) is 5.56 Å². The number of carbonyl (C=O) groups excluding carboxylic acids is 1. The summed E-state index contributed by atoms with van der Waals surface area (Å²) in [5.41, 5.74) is 2.93. The zero-order chi connectivity index (χ0) is 18.9. The van der Waals surface area contributed by atoms with Crippen molar-refractivity contribution >= 4 is 11.6 Å². The van der Waals surface area contributed by atoms with Gasteiger partial charge in [0.2, 0.25) is 0 Å². The Morgan fingerprint density at radius 2 is 1.65 bits per heavy atom. The third kappa shape index (κ3) is 5.41. The molecule has 5 heteroatoms. The van der Waals surface area contributed by atoms with Crippen molar-refractivity contribution < 1.29 is 14.3 Å². The number of benzene rings is 2. The van der Waals surface area contributed by atoms with Crippen LogP contribution in [0.3, 0.4) is 0 Å². The lowest BCUT2D eigenvalue weighted by molar-refractivity contribution is 0.0954. The molecule has 0 aliphatic rings. The maximum atomic E-state index is 12.4. The lowest BCUT2D eigenvalue weighted by Gasteiger charge is -2.19. The number of amides is 1. The molecule has 2 aromatic carbocycles. The first-order chi connectivity index (χ1) is 12.5. The number of nitrogens with zero attached hydrogens (tertiary/aromatic N) is 1. The number of anilines is 1. The number of likely N-dealkylation sites (N-methyl/N-ethyl adjacent to an activating group) is 1. The molecule has 0 atom stereocenters. The van der Waals surface area contributed by atoms with Gasteiger partial charge >= 0.3 is 0 Å². The molecule has 0 aliphatic carbocycles. The minimum Gasteiger partial charge on any atom is -0.490 e. The molecule has 1 amide bonds. The van der Waals surface area contributed by atoms with Gasteiger partial charge in [-0.15, -0.1) is 0 Å². The van der Waals surface area contributed by atoms with Gasteiger partial charge in [-0.25, -0.2) is 0 Å². The Morgan fingerprint density at radius 3 is 2.31 bits per heavy atom. The fourth-order valence-corrected chi connectivity index (χ4v) is 2.56. The van der Waals surface area contributed by atoms with Crippen LogP contribution in [-0.2, 0) is 0 Å². The number of hydrogen-bond donors (Lipinski definition) is 1. The van der Waals surface area contributed by atoms with E-state index in [4.69, 9.17) is 9.47 Å². The summed E-state index contributed by atoms with van der Waals surface area (Å²) in [5.74, 6) is 1.13. The van der Waals surface area contributed by atoms with Crippen molar-refractivity contribution in [2.24, 2.45) is 0 Å². The lowest BCUT2D eigenvalue weighted by Crippen LogP contribution is -2.33. The Morgan fingerprint density at radius 1 is 1.00 bits per heavy atom. The van der Waals surface area contributed by atoms with Gasteiger partial charge in [-0.2, -0.15) is 0 Å². The van der Waals surface area contributed by atoms with Crippen LogP contribution in [0.5, 0.6) is 11.5 Å². The van der Waals surface area contributed by atoms with Gasteiger partial charge in [0.15, 0.2) is 11.5 Å². The summed E-state index contributed by atoms with van der Waals surface area (Å²) in [5, 5.41) is 2.95. The van der Waals surface area contributed by atoms with Crippen LogP contribution in [0, 0.1) is 6.92 Å². The highest BCUT2D eigenvalue weighted by atomic mass is 16.5. The summed E-state index contributed by atoms with van der Waals surface area (Å²) >= 11 is 0. The van der Waals surface area contributed by atoms with Gasteiger partial charge in [0, 0.05) is 31.4 Å². The van der Waals surface area contributed by atoms with Crippen LogP contribution in [0.4, 0.5) is 5.69 Å². The highest BCUT2D eigenvalue weighted by Gasteiger charge is 2.11. The molecule has 26 heavy (non-hydrogen) atoms. The highest BCUT2D eigenvalue weighted by molar-refractivity contribution is 5.94. The van der Waals surface area contributed by atoms with Crippen LogP contribution in [-0.4, -0.2) is 39.3 Å². The van der Waals surface area contributed by atoms with Crippen molar-refractivity contribution in [1.82, 2.24) is 5.32 Å². The Hall–Kier alpha value is -2.69. The summed E-state index contributed by atoms with van der Waals surface area (Å²) in [6.45, 7) is 8.25. The molecular weight excluding hydrogens is 328 g/mol. The van der Waals surface area contributed by atoms with Gasteiger partial charge in [-0.1, -0.05) is 17.7 Å². The topological polar surface area (TPSA) is 50.8 Å². The molecule has 2 rings (SSSR count). The third-order valence-electron chi connectivity index (χ3n) is 4.01. The van der Waals surface area contributed by atoms with Gasteiger partial charge in [0.05, 0.1) is 13.2 Å². The smallest absolute Gasteiger partial charge is 0.251 e. The highest BCUT2D eigenvalue weighted by Crippen LogP contribution is 2.28. The van der Waals surface area contributed by atoms with Crippen molar-refractivity contribution in [3.8, 4) is 11.5 Å². The van der Waals surface area contributed by atoms with Crippen molar-refractivity contribution in [2.75, 3.05) is 38.3 Å². The van der Waals surface area contributed by atoms with Crippen LogP contribution in [0.1, 0.15) is 29.8 Å². The standard InChI is InChI=1S/C21H28N2O3/c1-5-25-19-12-9-17(15-20(19)26-6-2)21(24)22-13-14-23(4)18-10-7-16(3)8-11-18/h7-12,15H,5-6,13-14H2,1-4H3,(H,22,24). The van der Waals surface area contributed by atoms with Crippen molar-refractivity contribution in [3.05, 3.63) is 53.6 Å². The third-order valence-corrected chi connectivity index (χ3v) is 4.01. The Bertz CT molecular complexity index is 714. The quantitative estimate of drug-likeness (QED) is 0.745. The molecule has 0 saturated heterocycles. The average molecular weight is 356 g/mol. The number of rotatable bonds is 9. The molecule has 0 fully saturated rings. The average Bonchev–Trinajstić information content (AvgIpc) is 2.64. The molecule has 0 saturated carbocycles. The van der Waals surface area contributed by atoms with E-state index < -0.39 is 0 Å². The Labute approximate surface area is 155 Å². The van der Waals surface area contributed by atoms with E-state index >= 15 is 0 Å². The van der Waals surface area contributed by atoms with Gasteiger partial charge in [-0.3, -0.25) is 4.79 Å². The van der Waals surface area contributed by atoms with E-state index in [0.717, 1.165) is 12.2 Å². The molecule has 2 aromatic rings. The van der Waals surface area contributed by atoms with Gasteiger partial charge in [-0.05, 0) is 51.1 Å². The molecule has 140 valence electrons. The molecule has 0 spiro atoms. The van der Waals surface area contributed by atoms with E-state index in [9.17, 15) is 4.79 Å². The van der Waals surface area contributed by atoms with Crippen LogP contribution < -0.4 is 19.7 Å². The summed E-state index contributed by atoms with van der Waals surface area (Å²) in [7, 11) is 2.01. The SMILES string of the molecule is CCOc1ccc(C(=O)NCCN(C)c2ccc(C)cc2)cc1OCC. The second-order valence-corrected chi connectivity index (χ2v) is 6.04. The number of nitrogens with one attached hydrogen (secondary N) is 1. The van der Waals surface area contributed by atoms with E-state index in [1.54, 1.807) is 18.2 Å². The number of aryl methyl sites for hydroxylation is 1. The second-order valence-electron chi connectivity index (χ2n) is 6.04. The van der Waals surface area contributed by atoms with Crippen LogP contribution >= 0.6 is 0 Å². The number of hydrogen-bond acceptors (Lipinski definition) is 4. The zero-order valence-electron chi connectivity index (χ0n) is 16.0. The van der Waals surface area contributed by atoms with Crippen LogP contribution in [0.15, 0.2) is 42.5 Å². The number of carbonyl (C=O) groups is 1. The first-order valence-electron chi connectivity index (χ1n) is 9.00. The molecule has 0 aromatic heterocycles. The normalized spacial score (nSPS) is 10.3. The largest absolute Gasteiger partial charge is 0.490 e.